The van der Waals surface area contributed by atoms with Gasteiger partial charge in [0.25, 0.3) is 0 Å². The molecule has 0 spiro atoms. The lowest BCUT2D eigenvalue weighted by molar-refractivity contribution is -0.114. The van der Waals surface area contributed by atoms with Gasteiger partial charge in [-0.2, -0.15) is 0 Å². The third-order valence-electron chi connectivity index (χ3n) is 4.81. The molecular formula is C23H32Cl2N2O. The summed E-state index contributed by atoms with van der Waals surface area (Å²) in [5.74, 6) is -0.510. The fourth-order valence-electron chi connectivity index (χ4n) is 3.81. The van der Waals surface area contributed by atoms with Gasteiger partial charge in [0.15, 0.2) is 0 Å². The second kappa shape index (κ2) is 8.69. The lowest BCUT2D eigenvalue weighted by Gasteiger charge is -2.36. The monoisotopic (exact) mass is 422 g/mol. The van der Waals surface area contributed by atoms with Gasteiger partial charge in [-0.05, 0) is 64.1 Å². The highest BCUT2D eigenvalue weighted by Gasteiger charge is 2.39. The first-order valence-electron chi connectivity index (χ1n) is 9.78. The van der Waals surface area contributed by atoms with E-state index < -0.39 is 5.92 Å². The predicted octanol–water partition coefficient (Wildman–Crippen LogP) is 6.13. The lowest BCUT2D eigenvalue weighted by atomic mass is 9.73. The largest absolute Gasteiger partial charge is 0.326 e. The van der Waals surface area contributed by atoms with Crippen LogP contribution in [0.25, 0.3) is 5.57 Å². The molecule has 0 bridgehead atoms. The lowest BCUT2D eigenvalue weighted by Crippen LogP contribution is -2.37. The molecule has 0 aliphatic carbocycles. The number of carbonyl (C=O) groups is 1. The minimum atomic E-state index is -0.510. The Morgan fingerprint density at radius 1 is 1.07 bits per heavy atom. The molecule has 1 aromatic rings. The number of carbonyl (C=O) groups excluding carboxylic acids is 1. The molecule has 0 saturated heterocycles. The Morgan fingerprint density at radius 3 is 2.07 bits per heavy atom. The molecule has 0 aromatic heterocycles. The summed E-state index contributed by atoms with van der Waals surface area (Å²) >= 11 is 12.2. The normalized spacial score (nSPS) is 21.0. The van der Waals surface area contributed by atoms with Crippen LogP contribution in [0.4, 0.5) is 0 Å². The summed E-state index contributed by atoms with van der Waals surface area (Å²) in [6, 6.07) is 7.34. The number of nitrogens with zero attached hydrogens (tertiary/aromatic N) is 1. The van der Waals surface area contributed by atoms with Crippen molar-refractivity contribution in [1.82, 2.24) is 0 Å². The Labute approximate surface area is 179 Å². The smallest absolute Gasteiger partial charge is 0.231 e. The average molecular weight is 423 g/mol. The zero-order chi connectivity index (χ0) is 21.3. The minimum absolute atomic E-state index is 0.0108. The Kier molecular flexibility index (Phi) is 7.17. The molecule has 0 fully saturated rings. The van der Waals surface area contributed by atoms with Crippen LogP contribution in [-0.4, -0.2) is 23.5 Å². The molecule has 0 amide bonds. The maximum Gasteiger partial charge on any atom is 0.231 e. The first kappa shape index (κ1) is 23.1. The van der Waals surface area contributed by atoms with Crippen molar-refractivity contribution in [2.45, 2.75) is 60.4 Å². The molecule has 1 heterocycles. The van der Waals surface area contributed by atoms with Crippen LogP contribution >= 0.6 is 23.2 Å². The van der Waals surface area contributed by atoms with Crippen LogP contribution in [0.15, 0.2) is 34.8 Å². The van der Waals surface area contributed by atoms with Gasteiger partial charge in [-0.3, -0.25) is 9.79 Å². The van der Waals surface area contributed by atoms with Crippen molar-refractivity contribution in [2.75, 3.05) is 6.54 Å². The molecule has 0 saturated carbocycles. The molecular weight excluding hydrogens is 391 g/mol. The number of aliphatic imine (C=N–C) groups is 1. The van der Waals surface area contributed by atoms with Crippen molar-refractivity contribution in [3.63, 3.8) is 0 Å². The van der Waals surface area contributed by atoms with Crippen LogP contribution < -0.4 is 5.73 Å². The van der Waals surface area contributed by atoms with Crippen molar-refractivity contribution in [1.29, 1.82) is 0 Å². The van der Waals surface area contributed by atoms with Crippen LogP contribution in [-0.2, 0) is 4.79 Å². The second-order valence-electron chi connectivity index (χ2n) is 10.0. The Hall–Kier alpha value is -1.16. The predicted molar refractivity (Wildman–Crippen MR) is 121 cm³/mol. The molecule has 1 aromatic carbocycles. The van der Waals surface area contributed by atoms with E-state index in [1.807, 2.05) is 24.3 Å². The maximum absolute atomic E-state index is 12.6. The highest BCUT2D eigenvalue weighted by atomic mass is 35.5. The summed E-state index contributed by atoms with van der Waals surface area (Å²) in [4.78, 5) is 17.6. The summed E-state index contributed by atoms with van der Waals surface area (Å²) < 4.78 is 0. The fourth-order valence-corrected chi connectivity index (χ4v) is 4.19. The molecule has 5 heteroatoms. The molecule has 2 unspecified atom stereocenters. The number of nitrogens with two attached hydrogens (primary N) is 1. The molecule has 2 N–H and O–H groups in total. The van der Waals surface area contributed by atoms with E-state index in [9.17, 15) is 4.79 Å². The van der Waals surface area contributed by atoms with E-state index in [0.29, 0.717) is 11.6 Å². The molecule has 28 heavy (non-hydrogen) atoms. The number of halogens is 2. The van der Waals surface area contributed by atoms with E-state index in [0.717, 1.165) is 35.3 Å². The number of benzene rings is 1. The van der Waals surface area contributed by atoms with E-state index in [4.69, 9.17) is 33.9 Å². The van der Waals surface area contributed by atoms with Crippen LogP contribution in [0, 0.1) is 16.7 Å². The van der Waals surface area contributed by atoms with Gasteiger partial charge >= 0.3 is 0 Å². The molecule has 2 atom stereocenters. The highest BCUT2D eigenvalue weighted by molar-refractivity contribution is 6.65. The molecule has 0 radical (unpaired) electrons. The summed E-state index contributed by atoms with van der Waals surface area (Å²) in [5, 5.41) is 0.266. The van der Waals surface area contributed by atoms with Crippen molar-refractivity contribution < 1.29 is 4.79 Å². The fraction of sp³-hybridized carbons (Fsp3) is 0.565. The number of rotatable bonds is 5. The minimum Gasteiger partial charge on any atom is -0.326 e. The van der Waals surface area contributed by atoms with Gasteiger partial charge in [-0.1, -0.05) is 65.3 Å². The Morgan fingerprint density at radius 2 is 1.64 bits per heavy atom. The van der Waals surface area contributed by atoms with Crippen molar-refractivity contribution in [2.24, 2.45) is 27.5 Å². The third-order valence-corrected chi connectivity index (χ3v) is 5.30. The highest BCUT2D eigenvalue weighted by Crippen LogP contribution is 2.42. The van der Waals surface area contributed by atoms with Crippen LogP contribution in [0.3, 0.4) is 0 Å². The van der Waals surface area contributed by atoms with E-state index >= 15 is 0 Å². The first-order chi connectivity index (χ1) is 12.8. The van der Waals surface area contributed by atoms with Gasteiger partial charge in [0, 0.05) is 17.3 Å². The van der Waals surface area contributed by atoms with E-state index in [-0.39, 0.29) is 22.1 Å². The summed E-state index contributed by atoms with van der Waals surface area (Å²) in [5.41, 5.74) is 10.0. The zero-order valence-corrected chi connectivity index (χ0v) is 19.3. The quantitative estimate of drug-likeness (QED) is 0.579. The van der Waals surface area contributed by atoms with Gasteiger partial charge in [-0.15, -0.1) is 0 Å². The van der Waals surface area contributed by atoms with Crippen LogP contribution in [0.2, 0.25) is 5.02 Å². The van der Waals surface area contributed by atoms with Crippen molar-refractivity contribution in [3.05, 3.63) is 40.4 Å². The van der Waals surface area contributed by atoms with Crippen LogP contribution in [0.1, 0.15) is 59.9 Å². The Balaban J connectivity index is 2.71. The van der Waals surface area contributed by atoms with Gasteiger partial charge in [-0.25, -0.2) is 0 Å². The maximum atomic E-state index is 12.6. The SMILES string of the molecule is CC(C)(C)CC1=NC(CC(C)(C)C)C(C(=O)Cl)C(c2ccc(Cl)cc2)=C1CN. The van der Waals surface area contributed by atoms with Crippen LogP contribution in [0.5, 0.6) is 0 Å². The van der Waals surface area contributed by atoms with E-state index in [2.05, 4.69) is 41.5 Å². The Bertz CT molecular complexity index is 780. The first-order valence-corrected chi connectivity index (χ1v) is 10.5. The van der Waals surface area contributed by atoms with Gasteiger partial charge < -0.3 is 5.73 Å². The zero-order valence-electron chi connectivity index (χ0n) is 17.8. The summed E-state index contributed by atoms with van der Waals surface area (Å²) in [6.45, 7) is 13.3. The second-order valence-corrected chi connectivity index (χ2v) is 10.8. The summed E-state index contributed by atoms with van der Waals surface area (Å²) in [7, 11) is 0. The number of dihydropyridines is 1. The van der Waals surface area contributed by atoms with Gasteiger partial charge in [0.05, 0.1) is 12.0 Å². The molecule has 154 valence electrons. The van der Waals surface area contributed by atoms with E-state index in [1.54, 1.807) is 0 Å². The molecule has 1 aliphatic rings. The number of hydrogen-bond acceptors (Lipinski definition) is 3. The molecule has 1 aliphatic heterocycles. The van der Waals surface area contributed by atoms with Gasteiger partial charge in [0.1, 0.15) is 0 Å². The van der Waals surface area contributed by atoms with E-state index in [1.165, 1.54) is 0 Å². The third kappa shape index (κ3) is 5.92. The summed E-state index contributed by atoms with van der Waals surface area (Å²) in [6.07, 6.45) is 1.55. The topological polar surface area (TPSA) is 55.5 Å². The van der Waals surface area contributed by atoms with Crippen molar-refractivity contribution >= 4 is 39.7 Å². The van der Waals surface area contributed by atoms with Gasteiger partial charge in [0.2, 0.25) is 5.24 Å². The standard InChI is InChI=1S/C23H32Cl2N2O/c1-22(2,3)11-17-16(13-26)19(14-7-9-15(24)10-8-14)20(21(25)28)18(27-17)12-23(4,5)6/h7-10,18,20H,11-13,26H2,1-6H3. The molecule has 3 nitrogen and oxygen atoms in total. The number of hydrogen-bond donors (Lipinski definition) is 1. The average Bonchev–Trinajstić information content (AvgIpc) is 2.51. The molecule has 2 rings (SSSR count). The van der Waals surface area contributed by atoms with Crippen molar-refractivity contribution in [3.8, 4) is 0 Å².